The fraction of sp³-hybridized carbons (Fsp3) is 0.556. The molecule has 0 spiro atoms. The van der Waals surface area contributed by atoms with Crippen molar-refractivity contribution in [3.8, 4) is 5.75 Å². The van der Waals surface area contributed by atoms with E-state index in [1.165, 1.54) is 0 Å². The van der Waals surface area contributed by atoms with Crippen molar-refractivity contribution in [2.45, 2.75) is 26.3 Å². The zero-order valence-corrected chi connectivity index (χ0v) is 19.4. The molecule has 1 aliphatic heterocycles. The van der Waals surface area contributed by atoms with Crippen molar-refractivity contribution in [2.75, 3.05) is 33.9 Å². The molecule has 146 valence electrons. The molecule has 1 saturated heterocycles. The average molecular weight is 540 g/mol. The number of carbonyl (C=O) groups excluding carboxylic acids is 1. The molecule has 26 heavy (non-hydrogen) atoms. The van der Waals surface area contributed by atoms with Crippen molar-refractivity contribution in [3.63, 3.8) is 0 Å². The first-order valence-electron chi connectivity index (χ1n) is 8.53. The smallest absolute Gasteiger partial charge is 0.309 e. The molecule has 0 radical (unpaired) electrons. The van der Waals surface area contributed by atoms with E-state index in [-0.39, 0.29) is 35.9 Å². The molecule has 0 atom stereocenters. The molecule has 0 aliphatic carbocycles. The zero-order chi connectivity index (χ0) is 18.2. The van der Waals surface area contributed by atoms with Crippen LogP contribution in [-0.2, 0) is 16.1 Å². The first-order chi connectivity index (χ1) is 12.1. The zero-order valence-electron chi connectivity index (χ0n) is 15.5. The van der Waals surface area contributed by atoms with Crippen molar-refractivity contribution in [3.05, 3.63) is 28.2 Å². The summed E-state index contributed by atoms with van der Waals surface area (Å²) in [6, 6.07) is 6.00. The number of aliphatic imine (C=N–C) groups is 1. The summed E-state index contributed by atoms with van der Waals surface area (Å²) < 4.78 is 11.3. The number of benzene rings is 1. The molecule has 1 aliphatic rings. The summed E-state index contributed by atoms with van der Waals surface area (Å²) in [4.78, 5) is 18.4. The van der Waals surface area contributed by atoms with Crippen LogP contribution in [0.4, 0.5) is 0 Å². The molecule has 8 heteroatoms. The van der Waals surface area contributed by atoms with E-state index in [9.17, 15) is 4.79 Å². The Morgan fingerprint density at radius 1 is 1.38 bits per heavy atom. The molecule has 1 heterocycles. The highest BCUT2D eigenvalue weighted by molar-refractivity contribution is 14.0. The molecule has 1 fully saturated rings. The fourth-order valence-corrected chi connectivity index (χ4v) is 3.51. The summed E-state index contributed by atoms with van der Waals surface area (Å²) in [5, 5.41) is 3.39. The van der Waals surface area contributed by atoms with Crippen molar-refractivity contribution in [2.24, 2.45) is 10.9 Å². The number of likely N-dealkylation sites (tertiary alicyclic amines) is 1. The number of ether oxygens (including phenoxy) is 2. The van der Waals surface area contributed by atoms with Gasteiger partial charge in [0.15, 0.2) is 5.96 Å². The van der Waals surface area contributed by atoms with Crippen LogP contribution in [0.1, 0.15) is 25.3 Å². The fourth-order valence-electron chi connectivity index (χ4n) is 2.92. The molecule has 1 N–H and O–H groups in total. The Morgan fingerprint density at radius 2 is 2.08 bits per heavy atom. The molecule has 0 amide bonds. The Morgan fingerprint density at radius 3 is 2.62 bits per heavy atom. The molecule has 1 aromatic rings. The predicted octanol–water partition coefficient (Wildman–Crippen LogP) is 3.43. The van der Waals surface area contributed by atoms with Crippen LogP contribution >= 0.6 is 39.9 Å². The van der Waals surface area contributed by atoms with Crippen LogP contribution in [0.25, 0.3) is 0 Å². The van der Waals surface area contributed by atoms with E-state index >= 15 is 0 Å². The molecule has 1 aromatic carbocycles. The highest BCUT2D eigenvalue weighted by Crippen LogP contribution is 2.25. The van der Waals surface area contributed by atoms with Gasteiger partial charge in [-0.15, -0.1) is 24.0 Å². The standard InChI is InChI=1S/C18H26BrN3O3.HI/c1-4-25-17(23)14-7-9-22(10-8-14)18(20-2)21-12-13-5-6-16(24-3)15(19)11-13;/h5-6,11,14H,4,7-10,12H2,1-3H3,(H,20,21);1H. The number of nitrogens with zero attached hydrogens (tertiary/aromatic N) is 2. The van der Waals surface area contributed by atoms with Gasteiger partial charge in [0.25, 0.3) is 0 Å². The number of carbonyl (C=O) groups is 1. The number of hydrogen-bond donors (Lipinski definition) is 1. The highest BCUT2D eigenvalue weighted by atomic mass is 127. The number of nitrogens with one attached hydrogen (secondary N) is 1. The maximum absolute atomic E-state index is 11.8. The second-order valence-corrected chi connectivity index (χ2v) is 6.74. The molecular formula is C18H27BrIN3O3. The lowest BCUT2D eigenvalue weighted by atomic mass is 9.97. The minimum atomic E-state index is -0.0758. The minimum absolute atomic E-state index is 0. The molecular weight excluding hydrogens is 513 g/mol. The second-order valence-electron chi connectivity index (χ2n) is 5.88. The quantitative estimate of drug-likeness (QED) is 0.269. The minimum Gasteiger partial charge on any atom is -0.496 e. The van der Waals surface area contributed by atoms with Gasteiger partial charge in [-0.2, -0.15) is 0 Å². The lowest BCUT2D eigenvalue weighted by Gasteiger charge is -2.33. The normalized spacial score (nSPS) is 15.2. The summed E-state index contributed by atoms with van der Waals surface area (Å²) in [6.07, 6.45) is 1.60. The Bertz CT molecular complexity index is 620. The third kappa shape index (κ3) is 6.29. The number of esters is 1. The van der Waals surface area contributed by atoms with Crippen LogP contribution in [0, 0.1) is 5.92 Å². The molecule has 0 aromatic heterocycles. The molecule has 6 nitrogen and oxygen atoms in total. The van der Waals surface area contributed by atoms with Crippen molar-refractivity contribution < 1.29 is 14.3 Å². The van der Waals surface area contributed by atoms with Gasteiger partial charge in [0, 0.05) is 26.7 Å². The first kappa shape index (κ1) is 23.0. The van der Waals surface area contributed by atoms with Gasteiger partial charge < -0.3 is 19.7 Å². The van der Waals surface area contributed by atoms with Crippen molar-refractivity contribution in [1.29, 1.82) is 0 Å². The maximum atomic E-state index is 11.8. The van der Waals surface area contributed by atoms with Crippen LogP contribution < -0.4 is 10.1 Å². The van der Waals surface area contributed by atoms with Crippen LogP contribution in [0.5, 0.6) is 5.75 Å². The van der Waals surface area contributed by atoms with E-state index in [2.05, 4.69) is 31.1 Å². The highest BCUT2D eigenvalue weighted by Gasteiger charge is 2.27. The van der Waals surface area contributed by atoms with Gasteiger partial charge in [-0.05, 0) is 53.4 Å². The van der Waals surface area contributed by atoms with Gasteiger partial charge in [0.2, 0.25) is 0 Å². The van der Waals surface area contributed by atoms with Gasteiger partial charge in [-0.1, -0.05) is 6.07 Å². The average Bonchev–Trinajstić information content (AvgIpc) is 2.63. The van der Waals surface area contributed by atoms with E-state index in [4.69, 9.17) is 9.47 Å². The van der Waals surface area contributed by atoms with E-state index in [0.29, 0.717) is 13.2 Å². The molecule has 2 rings (SSSR count). The number of methoxy groups -OCH3 is 1. The largest absolute Gasteiger partial charge is 0.496 e. The van der Waals surface area contributed by atoms with Crippen LogP contribution in [-0.4, -0.2) is 50.7 Å². The van der Waals surface area contributed by atoms with Gasteiger partial charge in [-0.25, -0.2) is 0 Å². The Kier molecular flexibility index (Phi) is 10.3. The summed E-state index contributed by atoms with van der Waals surface area (Å²) >= 11 is 3.50. The van der Waals surface area contributed by atoms with E-state index in [1.807, 2.05) is 25.1 Å². The lowest BCUT2D eigenvalue weighted by Crippen LogP contribution is -2.46. The van der Waals surface area contributed by atoms with Crippen molar-refractivity contribution >= 4 is 51.8 Å². The third-order valence-electron chi connectivity index (χ3n) is 4.29. The van der Waals surface area contributed by atoms with Crippen LogP contribution in [0.3, 0.4) is 0 Å². The Hall–Kier alpha value is -1.03. The summed E-state index contributed by atoms with van der Waals surface area (Å²) in [5.41, 5.74) is 1.13. The second kappa shape index (κ2) is 11.6. The molecule has 0 unspecified atom stereocenters. The SMILES string of the molecule is CCOC(=O)C1CCN(C(=NC)NCc2ccc(OC)c(Br)c2)CC1.I. The van der Waals surface area contributed by atoms with Gasteiger partial charge in [0.1, 0.15) is 5.75 Å². The van der Waals surface area contributed by atoms with E-state index < -0.39 is 0 Å². The molecule has 0 saturated carbocycles. The predicted molar refractivity (Wildman–Crippen MR) is 117 cm³/mol. The third-order valence-corrected chi connectivity index (χ3v) is 4.91. The topological polar surface area (TPSA) is 63.2 Å². The molecule has 0 bridgehead atoms. The van der Waals surface area contributed by atoms with E-state index in [0.717, 1.165) is 47.7 Å². The number of guanidine groups is 1. The summed E-state index contributed by atoms with van der Waals surface area (Å²) in [6.45, 7) is 4.56. The van der Waals surface area contributed by atoms with Gasteiger partial charge >= 0.3 is 5.97 Å². The lowest BCUT2D eigenvalue weighted by molar-refractivity contribution is -0.149. The van der Waals surface area contributed by atoms with Crippen LogP contribution in [0.2, 0.25) is 0 Å². The number of halogens is 2. The first-order valence-corrected chi connectivity index (χ1v) is 9.33. The van der Waals surface area contributed by atoms with Gasteiger partial charge in [0.05, 0.1) is 24.1 Å². The van der Waals surface area contributed by atoms with Crippen LogP contribution in [0.15, 0.2) is 27.7 Å². The monoisotopic (exact) mass is 539 g/mol. The number of hydrogen-bond acceptors (Lipinski definition) is 4. The maximum Gasteiger partial charge on any atom is 0.309 e. The van der Waals surface area contributed by atoms with Crippen molar-refractivity contribution in [1.82, 2.24) is 10.2 Å². The Labute approximate surface area is 180 Å². The number of piperidine rings is 1. The summed E-state index contributed by atoms with van der Waals surface area (Å²) in [5.74, 6) is 1.60. The Balaban J connectivity index is 0.00000338. The van der Waals surface area contributed by atoms with Gasteiger partial charge in [-0.3, -0.25) is 9.79 Å². The van der Waals surface area contributed by atoms with E-state index in [1.54, 1.807) is 14.2 Å². The number of rotatable bonds is 5. The summed E-state index contributed by atoms with van der Waals surface area (Å²) in [7, 11) is 3.43.